The molecule has 3 fully saturated rings. The van der Waals surface area contributed by atoms with Gasteiger partial charge in [-0.05, 0) is 74.5 Å². The highest BCUT2D eigenvalue weighted by atomic mass is 32.2. The van der Waals surface area contributed by atoms with Gasteiger partial charge in [0.15, 0.2) is 0 Å². The number of carbonyl (C=O) groups excluding carboxylic acids is 3. The topological polar surface area (TPSA) is 113 Å². The maximum Gasteiger partial charge on any atom is 0.255 e. The molecule has 2 saturated heterocycles. The summed E-state index contributed by atoms with van der Waals surface area (Å²) in [5.41, 5.74) is 2.82. The van der Waals surface area contributed by atoms with Crippen LogP contribution in [0.1, 0.15) is 79.8 Å². The maximum absolute atomic E-state index is 13.0. The van der Waals surface area contributed by atoms with Crippen molar-refractivity contribution in [2.45, 2.75) is 89.4 Å². The number of nitrogens with zero attached hydrogens (tertiary/aromatic N) is 1. The molecule has 9 heteroatoms. The van der Waals surface area contributed by atoms with Gasteiger partial charge in [-0.2, -0.15) is 0 Å². The first-order valence-electron chi connectivity index (χ1n) is 13.4. The number of piperidine rings is 1. The van der Waals surface area contributed by atoms with Crippen molar-refractivity contribution >= 4 is 27.6 Å². The first kappa shape index (κ1) is 25.4. The Hall–Kier alpha value is -2.26. The van der Waals surface area contributed by atoms with Crippen LogP contribution in [0.3, 0.4) is 0 Å². The minimum absolute atomic E-state index is 0.133. The van der Waals surface area contributed by atoms with Gasteiger partial charge in [-0.25, -0.2) is 8.42 Å². The third-order valence-electron chi connectivity index (χ3n) is 8.78. The molecule has 4 aliphatic rings. The normalized spacial score (nSPS) is 29.6. The van der Waals surface area contributed by atoms with E-state index in [1.54, 1.807) is 4.90 Å². The monoisotopic (exact) mass is 515 g/mol. The van der Waals surface area contributed by atoms with Crippen LogP contribution in [0.25, 0.3) is 0 Å². The Kier molecular flexibility index (Phi) is 7.23. The molecule has 4 atom stereocenters. The van der Waals surface area contributed by atoms with Crippen molar-refractivity contribution in [2.24, 2.45) is 11.8 Å². The van der Waals surface area contributed by atoms with Crippen molar-refractivity contribution in [2.75, 3.05) is 11.5 Å². The maximum atomic E-state index is 13.0. The van der Waals surface area contributed by atoms with Crippen molar-refractivity contribution in [3.63, 3.8) is 0 Å². The number of fused-ring (bicyclic) bond motifs is 1. The van der Waals surface area contributed by atoms with E-state index >= 15 is 0 Å². The van der Waals surface area contributed by atoms with Crippen LogP contribution in [-0.4, -0.2) is 60.7 Å². The predicted octanol–water partition coefficient (Wildman–Crippen LogP) is 2.35. The summed E-state index contributed by atoms with van der Waals surface area (Å²) in [6, 6.07) is 6.18. The molecular weight excluding hydrogens is 478 g/mol. The molecule has 8 nitrogen and oxygen atoms in total. The van der Waals surface area contributed by atoms with Gasteiger partial charge in [0.25, 0.3) is 5.91 Å². The van der Waals surface area contributed by atoms with E-state index < -0.39 is 15.9 Å². The molecule has 5 rings (SSSR count). The average molecular weight is 516 g/mol. The molecule has 0 spiro atoms. The van der Waals surface area contributed by atoms with E-state index in [1.807, 2.05) is 12.1 Å². The highest BCUT2D eigenvalue weighted by Gasteiger charge is 2.39. The van der Waals surface area contributed by atoms with E-state index in [-0.39, 0.29) is 24.1 Å². The second-order valence-corrected chi connectivity index (χ2v) is 13.5. The molecule has 36 heavy (non-hydrogen) atoms. The summed E-state index contributed by atoms with van der Waals surface area (Å²) in [6.45, 7) is 2.61. The standard InChI is InChI=1S/C27H37N3O5S/c1-17(19-10-12-36(34,35)13-11-19)28-23-5-3-2-4-20(23)14-18-6-7-22-21(15-18)16-30(27(22)33)24-8-9-25(31)29-26(24)32/h6-7,15,17,19-20,23-24,28H,2-5,8-14,16H2,1H3,(H,29,31,32)/t17-,20-,23+,24?/m1/s1. The number of amides is 3. The molecular formula is C27H37N3O5S. The number of hydrogen-bond donors (Lipinski definition) is 2. The summed E-state index contributed by atoms with van der Waals surface area (Å²) in [6.07, 6.45) is 7.76. The summed E-state index contributed by atoms with van der Waals surface area (Å²) in [4.78, 5) is 38.4. The third-order valence-corrected chi connectivity index (χ3v) is 10.5. The zero-order valence-electron chi connectivity index (χ0n) is 21.0. The van der Waals surface area contributed by atoms with E-state index in [1.165, 1.54) is 18.4 Å². The fraction of sp³-hybridized carbons (Fsp3) is 0.667. The zero-order chi connectivity index (χ0) is 25.4. The van der Waals surface area contributed by atoms with E-state index in [0.717, 1.165) is 37.7 Å². The number of sulfone groups is 1. The summed E-state index contributed by atoms with van der Waals surface area (Å²) in [5.74, 6) is 0.722. The van der Waals surface area contributed by atoms with Gasteiger partial charge in [-0.1, -0.05) is 25.0 Å². The fourth-order valence-corrected chi connectivity index (χ4v) is 8.14. The van der Waals surface area contributed by atoms with E-state index in [0.29, 0.717) is 54.0 Å². The Morgan fingerprint density at radius 1 is 1.06 bits per heavy atom. The quantitative estimate of drug-likeness (QED) is 0.563. The van der Waals surface area contributed by atoms with Crippen LogP contribution in [0, 0.1) is 11.8 Å². The Bertz CT molecular complexity index is 1140. The molecule has 3 amide bonds. The molecule has 1 aliphatic carbocycles. The first-order chi connectivity index (χ1) is 17.2. The van der Waals surface area contributed by atoms with E-state index in [4.69, 9.17) is 0 Å². The lowest BCUT2D eigenvalue weighted by Crippen LogP contribution is -2.52. The fourth-order valence-electron chi connectivity index (χ4n) is 6.61. The van der Waals surface area contributed by atoms with Crippen LogP contribution in [0.15, 0.2) is 18.2 Å². The van der Waals surface area contributed by atoms with Gasteiger partial charge in [0.05, 0.1) is 11.5 Å². The number of imide groups is 1. The Labute approximate surface area is 213 Å². The minimum atomic E-state index is -2.85. The van der Waals surface area contributed by atoms with Crippen LogP contribution >= 0.6 is 0 Å². The van der Waals surface area contributed by atoms with Crippen LogP contribution < -0.4 is 10.6 Å². The lowest BCUT2D eigenvalue weighted by Gasteiger charge is -2.37. The Balaban J connectivity index is 1.23. The van der Waals surface area contributed by atoms with Crippen molar-refractivity contribution in [3.05, 3.63) is 34.9 Å². The summed E-state index contributed by atoms with van der Waals surface area (Å²) >= 11 is 0. The zero-order valence-corrected chi connectivity index (χ0v) is 21.8. The van der Waals surface area contributed by atoms with Gasteiger partial charge in [0.1, 0.15) is 15.9 Å². The lowest BCUT2D eigenvalue weighted by molar-refractivity contribution is -0.136. The second kappa shape index (κ2) is 10.2. The molecule has 3 heterocycles. The molecule has 1 unspecified atom stereocenters. The number of carbonyl (C=O) groups is 3. The molecule has 3 aliphatic heterocycles. The van der Waals surface area contributed by atoms with Crippen molar-refractivity contribution < 1.29 is 22.8 Å². The van der Waals surface area contributed by atoms with Gasteiger partial charge >= 0.3 is 0 Å². The lowest BCUT2D eigenvalue weighted by atomic mass is 9.79. The summed E-state index contributed by atoms with van der Waals surface area (Å²) in [7, 11) is -2.85. The summed E-state index contributed by atoms with van der Waals surface area (Å²) < 4.78 is 23.7. The Morgan fingerprint density at radius 2 is 1.81 bits per heavy atom. The number of rotatable bonds is 6. The highest BCUT2D eigenvalue weighted by Crippen LogP contribution is 2.33. The van der Waals surface area contributed by atoms with Crippen LogP contribution in [0.2, 0.25) is 0 Å². The van der Waals surface area contributed by atoms with E-state index in [9.17, 15) is 22.8 Å². The molecule has 1 aromatic carbocycles. The van der Waals surface area contributed by atoms with Gasteiger partial charge in [0.2, 0.25) is 11.8 Å². The Morgan fingerprint density at radius 3 is 2.56 bits per heavy atom. The summed E-state index contributed by atoms with van der Waals surface area (Å²) in [5, 5.41) is 6.23. The molecule has 1 aromatic rings. The van der Waals surface area contributed by atoms with E-state index in [2.05, 4.69) is 23.6 Å². The van der Waals surface area contributed by atoms with Crippen molar-refractivity contribution in [1.82, 2.24) is 15.5 Å². The molecule has 1 saturated carbocycles. The van der Waals surface area contributed by atoms with Crippen molar-refractivity contribution in [3.8, 4) is 0 Å². The smallest absolute Gasteiger partial charge is 0.255 e. The minimum Gasteiger partial charge on any atom is -0.322 e. The van der Waals surface area contributed by atoms with Crippen LogP contribution in [-0.2, 0) is 32.4 Å². The molecule has 0 aromatic heterocycles. The van der Waals surface area contributed by atoms with Gasteiger partial charge in [-0.3, -0.25) is 19.7 Å². The molecule has 0 bridgehead atoms. The van der Waals surface area contributed by atoms with Crippen molar-refractivity contribution in [1.29, 1.82) is 0 Å². The van der Waals surface area contributed by atoms with Gasteiger partial charge in [0, 0.05) is 30.6 Å². The molecule has 2 N–H and O–H groups in total. The largest absolute Gasteiger partial charge is 0.322 e. The predicted molar refractivity (Wildman–Crippen MR) is 136 cm³/mol. The highest BCUT2D eigenvalue weighted by molar-refractivity contribution is 7.91. The number of nitrogens with one attached hydrogen (secondary N) is 2. The van der Waals surface area contributed by atoms with Gasteiger partial charge in [-0.15, -0.1) is 0 Å². The third kappa shape index (κ3) is 5.37. The number of benzene rings is 1. The number of hydrogen-bond acceptors (Lipinski definition) is 6. The second-order valence-electron chi connectivity index (χ2n) is 11.2. The van der Waals surface area contributed by atoms with Gasteiger partial charge < -0.3 is 10.2 Å². The SMILES string of the molecule is C[C@@H](N[C@H]1CCCC[C@@H]1Cc1ccc2c(c1)CN(C1CCC(=O)NC1=O)C2=O)C1CCS(=O)(=O)CC1. The molecule has 196 valence electrons. The average Bonchev–Trinajstić information content (AvgIpc) is 3.15. The van der Waals surface area contributed by atoms with Crippen LogP contribution in [0.5, 0.6) is 0 Å². The first-order valence-corrected chi connectivity index (χ1v) is 15.3. The van der Waals surface area contributed by atoms with Crippen LogP contribution in [0.4, 0.5) is 0 Å². The molecule has 0 radical (unpaired) electrons.